The molecule has 0 bridgehead atoms. The smallest absolute Gasteiger partial charge is 0.315 e. The van der Waals surface area contributed by atoms with Crippen molar-refractivity contribution in [2.24, 2.45) is 0 Å². The van der Waals surface area contributed by atoms with Crippen molar-refractivity contribution in [1.29, 1.82) is 0 Å². The number of aromatic nitrogens is 1. The standard InChI is InChI=1S/C14H9Br3O2.C8H6Br2O2.C7H9N.C6H5BrO/c15-10-2-1-3-12(8-10)19-14(18)7-9-6-11(16)4-5-13(9)17;9-6-1-2-7(10)5(3-6)4-8(11)12;1-6-4-3-5-7(2)8-6;7-5-2-1-3-6(8)4-5/h1-6,8H,7H2;1-3H,4H2,(H,11,12);3-5H,1-2H3;1-4,8H. The van der Waals surface area contributed by atoms with Gasteiger partial charge in [0.1, 0.15) is 11.5 Å². The normalized spacial score (nSPS) is 9.79. The van der Waals surface area contributed by atoms with E-state index in [1.165, 1.54) is 0 Å². The lowest BCUT2D eigenvalue weighted by Gasteiger charge is -2.06. The summed E-state index contributed by atoms with van der Waals surface area (Å²) in [6, 6.07) is 31.3. The molecule has 4 aromatic carbocycles. The number of esters is 1. The molecule has 0 aliphatic carbocycles. The second kappa shape index (κ2) is 21.6. The van der Waals surface area contributed by atoms with Crippen LogP contribution in [0.2, 0.25) is 0 Å². The van der Waals surface area contributed by atoms with E-state index in [4.69, 9.17) is 14.9 Å². The largest absolute Gasteiger partial charge is 0.508 e. The lowest BCUT2D eigenvalue weighted by molar-refractivity contribution is -0.136. The first-order valence-electron chi connectivity index (χ1n) is 13.6. The average molecular weight is 1020 g/mol. The molecule has 0 unspecified atom stereocenters. The third kappa shape index (κ3) is 17.6. The number of carboxylic acids is 1. The molecular weight excluding hydrogens is 994 g/mol. The summed E-state index contributed by atoms with van der Waals surface area (Å²) in [6.07, 6.45) is 0.257. The van der Waals surface area contributed by atoms with Crippen LogP contribution in [0.25, 0.3) is 0 Å². The Bertz CT molecular complexity index is 1710. The average Bonchev–Trinajstić information content (AvgIpc) is 2.97. The number of aliphatic carboxylic acids is 1. The van der Waals surface area contributed by atoms with Gasteiger partial charge in [0.05, 0.1) is 12.8 Å². The first kappa shape index (κ1) is 40.8. The first-order chi connectivity index (χ1) is 22.2. The number of ether oxygens (including phenoxy) is 1. The molecule has 5 rings (SSSR count). The van der Waals surface area contributed by atoms with Gasteiger partial charge in [0.15, 0.2) is 0 Å². The Morgan fingerprint density at radius 1 is 0.617 bits per heavy atom. The molecule has 0 fully saturated rings. The van der Waals surface area contributed by atoms with Gasteiger partial charge in [-0.1, -0.05) is 114 Å². The number of phenolic OH excluding ortho intramolecular Hbond substituents is 1. The van der Waals surface area contributed by atoms with Crippen LogP contribution in [0.1, 0.15) is 22.5 Å². The lowest BCUT2D eigenvalue weighted by atomic mass is 10.1. The van der Waals surface area contributed by atoms with Gasteiger partial charge in [0, 0.05) is 38.2 Å². The van der Waals surface area contributed by atoms with Crippen molar-refractivity contribution in [2.45, 2.75) is 26.7 Å². The number of carboxylic acid groups (broad SMARTS) is 1. The molecule has 1 aromatic heterocycles. The number of nitrogens with zero attached hydrogens (tertiary/aromatic N) is 1. The number of carbonyl (C=O) groups excluding carboxylic acids is 1. The summed E-state index contributed by atoms with van der Waals surface area (Å²) in [5.41, 5.74) is 3.83. The molecule has 12 heteroatoms. The van der Waals surface area contributed by atoms with Gasteiger partial charge < -0.3 is 14.9 Å². The molecule has 47 heavy (non-hydrogen) atoms. The maximum atomic E-state index is 11.9. The fraction of sp³-hybridized carbons (Fsp3) is 0.114. The predicted octanol–water partition coefficient (Wildman–Crippen LogP) is 11.8. The molecular formula is C35H29Br6NO5. The third-order valence-electron chi connectivity index (χ3n) is 5.56. The number of pyridine rings is 1. The summed E-state index contributed by atoms with van der Waals surface area (Å²) in [5.74, 6) is -0.296. The van der Waals surface area contributed by atoms with Gasteiger partial charge in [-0.25, -0.2) is 0 Å². The summed E-state index contributed by atoms with van der Waals surface area (Å²) in [4.78, 5) is 26.5. The summed E-state index contributed by atoms with van der Waals surface area (Å²) in [5, 5.41) is 17.3. The molecule has 0 spiro atoms. The van der Waals surface area contributed by atoms with Crippen LogP contribution in [-0.4, -0.2) is 27.1 Å². The summed E-state index contributed by atoms with van der Waals surface area (Å²) < 4.78 is 10.6. The molecule has 0 aliphatic heterocycles. The molecule has 0 saturated heterocycles. The fourth-order valence-corrected chi connectivity index (χ4v) is 5.89. The predicted molar refractivity (Wildman–Crippen MR) is 208 cm³/mol. The van der Waals surface area contributed by atoms with Crippen molar-refractivity contribution in [1.82, 2.24) is 4.98 Å². The van der Waals surface area contributed by atoms with E-state index in [-0.39, 0.29) is 18.8 Å². The minimum absolute atomic E-state index is 0.0417. The van der Waals surface area contributed by atoms with Crippen LogP contribution in [0.15, 0.2) is 130 Å². The lowest BCUT2D eigenvalue weighted by Crippen LogP contribution is -2.11. The molecule has 1 heterocycles. The molecule has 0 atom stereocenters. The van der Waals surface area contributed by atoms with Crippen molar-refractivity contribution in [3.8, 4) is 11.5 Å². The van der Waals surface area contributed by atoms with Gasteiger partial charge in [-0.2, -0.15) is 0 Å². The second-order valence-corrected chi connectivity index (χ2v) is 14.9. The van der Waals surface area contributed by atoms with E-state index in [0.29, 0.717) is 11.5 Å². The Morgan fingerprint density at radius 2 is 1.09 bits per heavy atom. The Balaban J connectivity index is 0.000000235. The summed E-state index contributed by atoms with van der Waals surface area (Å²) >= 11 is 19.9. The summed E-state index contributed by atoms with van der Waals surface area (Å²) in [6.45, 7) is 3.99. The molecule has 0 aliphatic rings. The number of aromatic hydroxyl groups is 1. The highest BCUT2D eigenvalue weighted by Gasteiger charge is 2.10. The van der Waals surface area contributed by atoms with E-state index in [2.05, 4.69) is 101 Å². The van der Waals surface area contributed by atoms with Gasteiger partial charge >= 0.3 is 11.9 Å². The highest BCUT2D eigenvalue weighted by Crippen LogP contribution is 2.24. The number of benzene rings is 4. The molecule has 0 amide bonds. The van der Waals surface area contributed by atoms with E-state index >= 15 is 0 Å². The number of hydrogen-bond acceptors (Lipinski definition) is 5. The maximum absolute atomic E-state index is 11.9. The topological polar surface area (TPSA) is 96.7 Å². The Hall–Kier alpha value is -2.35. The molecule has 5 aromatic rings. The molecule has 0 radical (unpaired) electrons. The second-order valence-electron chi connectivity index (χ2n) is 9.55. The highest BCUT2D eigenvalue weighted by atomic mass is 79.9. The van der Waals surface area contributed by atoms with Crippen LogP contribution in [-0.2, 0) is 22.4 Å². The van der Waals surface area contributed by atoms with Crippen molar-refractivity contribution in [3.63, 3.8) is 0 Å². The number of rotatable bonds is 5. The zero-order valence-electron chi connectivity index (χ0n) is 25.1. The summed E-state index contributed by atoms with van der Waals surface area (Å²) in [7, 11) is 0. The van der Waals surface area contributed by atoms with Crippen molar-refractivity contribution in [2.75, 3.05) is 0 Å². The number of carbonyl (C=O) groups is 2. The van der Waals surface area contributed by atoms with E-state index < -0.39 is 5.97 Å². The molecule has 2 N–H and O–H groups in total. The molecule has 6 nitrogen and oxygen atoms in total. The van der Waals surface area contributed by atoms with Crippen molar-refractivity contribution < 1.29 is 24.5 Å². The number of aryl methyl sites for hydroxylation is 2. The zero-order valence-corrected chi connectivity index (χ0v) is 34.6. The van der Waals surface area contributed by atoms with Gasteiger partial charge in [0.2, 0.25) is 0 Å². The van der Waals surface area contributed by atoms with Gasteiger partial charge in [-0.15, -0.1) is 0 Å². The Kier molecular flexibility index (Phi) is 18.7. The quantitative estimate of drug-likeness (QED) is 0.134. The fourth-order valence-electron chi connectivity index (χ4n) is 3.53. The number of hydrogen-bond donors (Lipinski definition) is 2. The minimum Gasteiger partial charge on any atom is -0.508 e. The maximum Gasteiger partial charge on any atom is 0.315 e. The highest BCUT2D eigenvalue weighted by molar-refractivity contribution is 9.11. The zero-order chi connectivity index (χ0) is 34.9. The van der Waals surface area contributed by atoms with Crippen molar-refractivity contribution in [3.05, 3.63) is 152 Å². The minimum atomic E-state index is -0.825. The van der Waals surface area contributed by atoms with Gasteiger partial charge in [0.25, 0.3) is 0 Å². The molecule has 246 valence electrons. The van der Waals surface area contributed by atoms with E-state index in [1.54, 1.807) is 36.4 Å². The van der Waals surface area contributed by atoms with Gasteiger partial charge in [-0.05, 0) is 110 Å². The Labute approximate surface area is 324 Å². The third-order valence-corrected chi connectivity index (χ3v) is 9.08. The van der Waals surface area contributed by atoms with Crippen LogP contribution < -0.4 is 4.74 Å². The SMILES string of the molecule is Cc1cccc(C)n1.O=C(Cc1cc(Br)ccc1Br)Oc1cccc(Br)c1.O=C(O)Cc1cc(Br)ccc1Br.Oc1cccc(Br)c1. The van der Waals surface area contributed by atoms with Gasteiger partial charge in [-0.3, -0.25) is 14.6 Å². The van der Waals surface area contributed by atoms with Crippen LogP contribution >= 0.6 is 95.6 Å². The van der Waals surface area contributed by atoms with Crippen molar-refractivity contribution >= 4 is 108 Å². The van der Waals surface area contributed by atoms with Crippen LogP contribution in [0.4, 0.5) is 0 Å². The number of phenols is 1. The van der Waals surface area contributed by atoms with Crippen LogP contribution in [0.5, 0.6) is 11.5 Å². The Morgan fingerprint density at radius 3 is 1.51 bits per heavy atom. The molecule has 0 saturated carbocycles. The monoisotopic (exact) mass is 1020 g/mol. The first-order valence-corrected chi connectivity index (χ1v) is 18.4. The number of halogens is 6. The van der Waals surface area contributed by atoms with E-state index in [1.807, 2.05) is 80.6 Å². The van der Waals surface area contributed by atoms with Crippen LogP contribution in [0.3, 0.4) is 0 Å². The van der Waals surface area contributed by atoms with Crippen LogP contribution in [0, 0.1) is 13.8 Å². The van der Waals surface area contributed by atoms with E-state index in [9.17, 15) is 9.59 Å². The van der Waals surface area contributed by atoms with E-state index in [0.717, 1.165) is 49.4 Å².